The molecule has 0 saturated carbocycles. The summed E-state index contributed by atoms with van der Waals surface area (Å²) in [6, 6.07) is 12.7. The Bertz CT molecular complexity index is 611. The first-order chi connectivity index (χ1) is 10.7. The minimum atomic E-state index is 0. The molecule has 23 heavy (non-hydrogen) atoms. The van der Waals surface area contributed by atoms with E-state index in [0.717, 1.165) is 19.0 Å². The van der Waals surface area contributed by atoms with Crippen LogP contribution in [-0.2, 0) is 24.4 Å². The van der Waals surface area contributed by atoms with Crippen LogP contribution >= 0.6 is 35.3 Å². The number of hydrogen-bond donors (Lipinski definition) is 2. The zero-order chi connectivity index (χ0) is 15.8. The third-order valence-electron chi connectivity index (χ3n) is 3.24. The summed E-state index contributed by atoms with van der Waals surface area (Å²) in [5.74, 6) is 0.812. The SMILES string of the molecule is CN=C(NCc1ccc(COC)cc1)NCc1ccc(C)s1.I. The number of aliphatic imine (C=N–C) groups is 1. The van der Waals surface area contributed by atoms with Crippen LogP contribution in [-0.4, -0.2) is 20.1 Å². The summed E-state index contributed by atoms with van der Waals surface area (Å²) in [4.78, 5) is 6.89. The van der Waals surface area contributed by atoms with Gasteiger partial charge in [-0.2, -0.15) is 0 Å². The maximum atomic E-state index is 5.12. The van der Waals surface area contributed by atoms with E-state index in [1.54, 1.807) is 25.5 Å². The molecule has 0 aliphatic heterocycles. The Morgan fingerprint density at radius 3 is 2.26 bits per heavy atom. The maximum absolute atomic E-state index is 5.12. The number of nitrogens with zero attached hydrogens (tertiary/aromatic N) is 1. The molecule has 6 heteroatoms. The summed E-state index contributed by atoms with van der Waals surface area (Å²) in [6.07, 6.45) is 0. The molecule has 0 spiro atoms. The van der Waals surface area contributed by atoms with Gasteiger partial charge in [0.05, 0.1) is 13.2 Å². The van der Waals surface area contributed by atoms with Crippen molar-refractivity contribution in [3.8, 4) is 0 Å². The van der Waals surface area contributed by atoms with Gasteiger partial charge in [-0.25, -0.2) is 0 Å². The average molecular weight is 445 g/mol. The van der Waals surface area contributed by atoms with Gasteiger partial charge < -0.3 is 15.4 Å². The van der Waals surface area contributed by atoms with Crippen LogP contribution in [0.15, 0.2) is 41.4 Å². The van der Waals surface area contributed by atoms with Gasteiger partial charge in [-0.1, -0.05) is 24.3 Å². The van der Waals surface area contributed by atoms with Crippen molar-refractivity contribution in [3.05, 3.63) is 57.3 Å². The Morgan fingerprint density at radius 1 is 1.04 bits per heavy atom. The van der Waals surface area contributed by atoms with E-state index in [0.29, 0.717) is 6.61 Å². The van der Waals surface area contributed by atoms with Gasteiger partial charge in [-0.3, -0.25) is 4.99 Å². The number of halogens is 1. The predicted molar refractivity (Wildman–Crippen MR) is 109 cm³/mol. The van der Waals surface area contributed by atoms with E-state index < -0.39 is 0 Å². The predicted octanol–water partition coefficient (Wildman–Crippen LogP) is 3.69. The quantitative estimate of drug-likeness (QED) is 0.405. The fraction of sp³-hybridized carbons (Fsp3) is 0.353. The highest BCUT2D eigenvalue weighted by atomic mass is 127. The standard InChI is InChI=1S/C17H23N3OS.HI/c1-13-4-9-16(22-13)11-20-17(18-2)19-10-14-5-7-15(8-6-14)12-21-3;/h4-9H,10-12H2,1-3H3,(H2,18,19,20);1H. The van der Waals surface area contributed by atoms with Crippen molar-refractivity contribution in [2.45, 2.75) is 26.6 Å². The number of benzene rings is 1. The summed E-state index contributed by atoms with van der Waals surface area (Å²) in [5.41, 5.74) is 2.40. The smallest absolute Gasteiger partial charge is 0.191 e. The molecule has 2 N–H and O–H groups in total. The maximum Gasteiger partial charge on any atom is 0.191 e. The number of hydrogen-bond acceptors (Lipinski definition) is 3. The van der Waals surface area contributed by atoms with Crippen LogP contribution in [0.3, 0.4) is 0 Å². The summed E-state index contributed by atoms with van der Waals surface area (Å²) >= 11 is 1.80. The van der Waals surface area contributed by atoms with Crippen molar-refractivity contribution < 1.29 is 4.74 Å². The van der Waals surface area contributed by atoms with Crippen molar-refractivity contribution in [3.63, 3.8) is 0 Å². The van der Waals surface area contributed by atoms with Crippen molar-refractivity contribution >= 4 is 41.3 Å². The largest absolute Gasteiger partial charge is 0.380 e. The Balaban J connectivity index is 0.00000264. The van der Waals surface area contributed by atoms with E-state index in [2.05, 4.69) is 58.9 Å². The fourth-order valence-corrected chi connectivity index (χ4v) is 2.91. The van der Waals surface area contributed by atoms with Crippen molar-refractivity contribution in [1.29, 1.82) is 0 Å². The Labute approximate surface area is 159 Å². The van der Waals surface area contributed by atoms with E-state index >= 15 is 0 Å². The third kappa shape index (κ3) is 6.88. The van der Waals surface area contributed by atoms with Gasteiger partial charge in [0.25, 0.3) is 0 Å². The van der Waals surface area contributed by atoms with Gasteiger partial charge in [0, 0.05) is 30.5 Å². The van der Waals surface area contributed by atoms with E-state index in [1.807, 2.05) is 0 Å². The molecule has 0 aliphatic rings. The van der Waals surface area contributed by atoms with E-state index in [-0.39, 0.29) is 24.0 Å². The molecule has 2 aromatic rings. The molecule has 0 aliphatic carbocycles. The lowest BCUT2D eigenvalue weighted by Gasteiger charge is -2.11. The first-order valence-corrected chi connectivity index (χ1v) is 8.09. The highest BCUT2D eigenvalue weighted by Crippen LogP contribution is 2.14. The molecule has 0 atom stereocenters. The first-order valence-electron chi connectivity index (χ1n) is 7.28. The van der Waals surface area contributed by atoms with Crippen molar-refractivity contribution in [2.75, 3.05) is 14.2 Å². The van der Waals surface area contributed by atoms with E-state index in [9.17, 15) is 0 Å². The Kier molecular flexibility index (Phi) is 9.20. The molecule has 2 rings (SSSR count). The van der Waals surface area contributed by atoms with Gasteiger partial charge in [0.1, 0.15) is 0 Å². The molecule has 126 valence electrons. The van der Waals surface area contributed by atoms with Crippen LogP contribution in [0, 0.1) is 6.92 Å². The Hall–Kier alpha value is -1.12. The van der Waals surface area contributed by atoms with Crippen LogP contribution < -0.4 is 10.6 Å². The van der Waals surface area contributed by atoms with Crippen LogP contribution in [0.2, 0.25) is 0 Å². The van der Waals surface area contributed by atoms with Gasteiger partial charge in [0.2, 0.25) is 0 Å². The lowest BCUT2D eigenvalue weighted by molar-refractivity contribution is 0.185. The third-order valence-corrected chi connectivity index (χ3v) is 4.24. The molecule has 0 bridgehead atoms. The number of nitrogens with one attached hydrogen (secondary N) is 2. The first kappa shape index (κ1) is 19.9. The van der Waals surface area contributed by atoms with Gasteiger partial charge in [-0.15, -0.1) is 35.3 Å². The van der Waals surface area contributed by atoms with E-state index in [4.69, 9.17) is 4.74 Å². The summed E-state index contributed by atoms with van der Waals surface area (Å²) in [6.45, 7) is 4.31. The molecular formula is C17H24IN3OS. The molecule has 4 nitrogen and oxygen atoms in total. The number of guanidine groups is 1. The van der Waals surface area contributed by atoms with E-state index in [1.165, 1.54) is 20.9 Å². The van der Waals surface area contributed by atoms with Crippen molar-refractivity contribution in [1.82, 2.24) is 10.6 Å². The highest BCUT2D eigenvalue weighted by Gasteiger charge is 2.01. The average Bonchev–Trinajstić information content (AvgIpc) is 2.95. The normalized spacial score (nSPS) is 11.0. The Morgan fingerprint density at radius 2 is 1.70 bits per heavy atom. The zero-order valence-electron chi connectivity index (χ0n) is 13.8. The number of methoxy groups -OCH3 is 1. The lowest BCUT2D eigenvalue weighted by Crippen LogP contribution is -2.36. The minimum Gasteiger partial charge on any atom is -0.380 e. The van der Waals surface area contributed by atoms with Crippen molar-refractivity contribution in [2.24, 2.45) is 4.99 Å². The number of ether oxygens (including phenoxy) is 1. The molecule has 0 radical (unpaired) electrons. The topological polar surface area (TPSA) is 45.7 Å². The molecule has 0 saturated heterocycles. The van der Waals surface area contributed by atoms with Gasteiger partial charge in [0.15, 0.2) is 5.96 Å². The van der Waals surface area contributed by atoms with Crippen LogP contribution in [0.5, 0.6) is 0 Å². The molecule has 0 fully saturated rings. The molecule has 1 heterocycles. The van der Waals surface area contributed by atoms with Crippen LogP contribution in [0.1, 0.15) is 20.9 Å². The molecule has 1 aromatic carbocycles. The summed E-state index contributed by atoms with van der Waals surface area (Å²) < 4.78 is 5.12. The zero-order valence-corrected chi connectivity index (χ0v) is 16.9. The highest BCUT2D eigenvalue weighted by molar-refractivity contribution is 14.0. The van der Waals surface area contributed by atoms with Gasteiger partial charge >= 0.3 is 0 Å². The molecular weight excluding hydrogens is 421 g/mol. The van der Waals surface area contributed by atoms with Crippen LogP contribution in [0.25, 0.3) is 0 Å². The number of thiophene rings is 1. The summed E-state index contributed by atoms with van der Waals surface area (Å²) in [5, 5.41) is 6.66. The summed E-state index contributed by atoms with van der Waals surface area (Å²) in [7, 11) is 3.50. The fourth-order valence-electron chi connectivity index (χ4n) is 2.08. The van der Waals surface area contributed by atoms with Gasteiger partial charge in [-0.05, 0) is 30.2 Å². The monoisotopic (exact) mass is 445 g/mol. The second kappa shape index (κ2) is 10.6. The molecule has 0 unspecified atom stereocenters. The minimum absolute atomic E-state index is 0. The molecule has 1 aromatic heterocycles. The molecule has 0 amide bonds. The second-order valence-electron chi connectivity index (χ2n) is 5.04. The van der Waals surface area contributed by atoms with Crippen LogP contribution in [0.4, 0.5) is 0 Å². The number of aryl methyl sites for hydroxylation is 1. The second-order valence-corrected chi connectivity index (χ2v) is 6.41. The lowest BCUT2D eigenvalue weighted by atomic mass is 10.1. The number of rotatable bonds is 6.